The molecule has 0 amide bonds. The van der Waals surface area contributed by atoms with E-state index in [2.05, 4.69) is 24.2 Å². The molecule has 166 valence electrons. The molecule has 5 N–H and O–H groups in total. The fourth-order valence-electron chi connectivity index (χ4n) is 3.54. The SMILES string of the molecule is CCc1ccc(Cc2c(OC3O[C@H](CO)[C@@H](O)[C@H](O)[C@H]3O)nn(CCO)c2C)cc1. The van der Waals surface area contributed by atoms with Gasteiger partial charge in [0.15, 0.2) is 0 Å². The van der Waals surface area contributed by atoms with Crippen LogP contribution < -0.4 is 4.74 Å². The quantitative estimate of drug-likeness (QED) is 0.385. The zero-order valence-corrected chi connectivity index (χ0v) is 17.2. The summed E-state index contributed by atoms with van der Waals surface area (Å²) in [4.78, 5) is 0. The number of aryl methyl sites for hydroxylation is 1. The van der Waals surface area contributed by atoms with Crippen molar-refractivity contribution in [3.05, 3.63) is 46.6 Å². The Balaban J connectivity index is 1.88. The molecule has 2 aromatic rings. The molecule has 0 saturated carbocycles. The van der Waals surface area contributed by atoms with Gasteiger partial charge in [-0.05, 0) is 24.5 Å². The minimum absolute atomic E-state index is 0.105. The van der Waals surface area contributed by atoms with Gasteiger partial charge in [-0.15, -0.1) is 5.10 Å². The molecule has 1 aliphatic heterocycles. The molecule has 0 aliphatic carbocycles. The number of nitrogens with zero attached hydrogens (tertiary/aromatic N) is 2. The Morgan fingerprint density at radius 1 is 1.03 bits per heavy atom. The van der Waals surface area contributed by atoms with Crippen molar-refractivity contribution in [3.63, 3.8) is 0 Å². The third-order valence-corrected chi connectivity index (χ3v) is 5.49. The molecule has 1 fully saturated rings. The molecule has 3 rings (SSSR count). The summed E-state index contributed by atoms with van der Waals surface area (Å²) in [6, 6.07) is 8.17. The molecule has 0 bridgehead atoms. The van der Waals surface area contributed by atoms with Crippen LogP contribution in [0, 0.1) is 6.92 Å². The second-order valence-electron chi connectivity index (χ2n) is 7.48. The van der Waals surface area contributed by atoms with Crippen LogP contribution in [-0.4, -0.2) is 79.2 Å². The van der Waals surface area contributed by atoms with Gasteiger partial charge >= 0.3 is 0 Å². The van der Waals surface area contributed by atoms with Crippen LogP contribution in [0.4, 0.5) is 0 Å². The molecule has 1 aliphatic rings. The highest BCUT2D eigenvalue weighted by Crippen LogP contribution is 2.29. The van der Waals surface area contributed by atoms with E-state index in [9.17, 15) is 25.5 Å². The van der Waals surface area contributed by atoms with Gasteiger partial charge in [-0.3, -0.25) is 4.68 Å². The van der Waals surface area contributed by atoms with Crippen molar-refractivity contribution in [3.8, 4) is 5.88 Å². The molecule has 5 atom stereocenters. The number of rotatable bonds is 8. The smallest absolute Gasteiger partial charge is 0.239 e. The summed E-state index contributed by atoms with van der Waals surface area (Å²) >= 11 is 0. The van der Waals surface area contributed by atoms with E-state index >= 15 is 0 Å². The predicted molar refractivity (Wildman–Crippen MR) is 107 cm³/mol. The van der Waals surface area contributed by atoms with E-state index in [0.29, 0.717) is 6.42 Å². The molecule has 1 aromatic carbocycles. The molecule has 9 heteroatoms. The number of hydrogen-bond acceptors (Lipinski definition) is 8. The van der Waals surface area contributed by atoms with E-state index in [0.717, 1.165) is 23.2 Å². The van der Waals surface area contributed by atoms with Gasteiger partial charge in [-0.25, -0.2) is 0 Å². The summed E-state index contributed by atoms with van der Waals surface area (Å²) in [5, 5.41) is 53.4. The molecular weight excluding hydrogens is 392 g/mol. The minimum atomic E-state index is -1.54. The third-order valence-electron chi connectivity index (χ3n) is 5.49. The lowest BCUT2D eigenvalue weighted by atomic mass is 9.99. The Bertz CT molecular complexity index is 822. The number of aliphatic hydroxyl groups excluding tert-OH is 5. The maximum atomic E-state index is 10.3. The van der Waals surface area contributed by atoms with Gasteiger partial charge in [0.05, 0.1) is 19.8 Å². The van der Waals surface area contributed by atoms with Gasteiger partial charge < -0.3 is 35.0 Å². The number of ether oxygens (including phenoxy) is 2. The monoisotopic (exact) mass is 422 g/mol. The molecule has 1 aromatic heterocycles. The first kappa shape index (κ1) is 22.7. The Morgan fingerprint density at radius 3 is 2.30 bits per heavy atom. The van der Waals surface area contributed by atoms with Crippen molar-refractivity contribution >= 4 is 0 Å². The first-order valence-electron chi connectivity index (χ1n) is 10.1. The van der Waals surface area contributed by atoms with Crippen molar-refractivity contribution in [1.29, 1.82) is 0 Å². The highest BCUT2D eigenvalue weighted by atomic mass is 16.7. The van der Waals surface area contributed by atoms with Crippen LogP contribution in [-0.2, 0) is 24.1 Å². The number of benzene rings is 1. The lowest BCUT2D eigenvalue weighted by Gasteiger charge is -2.39. The minimum Gasteiger partial charge on any atom is -0.443 e. The molecule has 30 heavy (non-hydrogen) atoms. The van der Waals surface area contributed by atoms with Gasteiger partial charge in [-0.2, -0.15) is 0 Å². The molecule has 1 saturated heterocycles. The van der Waals surface area contributed by atoms with Gasteiger partial charge in [0.2, 0.25) is 12.2 Å². The van der Waals surface area contributed by atoms with Crippen molar-refractivity contribution in [2.75, 3.05) is 13.2 Å². The summed E-state index contributed by atoms with van der Waals surface area (Å²) in [6.07, 6.45) is -5.46. The van der Waals surface area contributed by atoms with Crippen molar-refractivity contribution in [2.24, 2.45) is 0 Å². The molecule has 9 nitrogen and oxygen atoms in total. The van der Waals surface area contributed by atoms with Crippen molar-refractivity contribution in [2.45, 2.75) is 63.9 Å². The average molecular weight is 422 g/mol. The lowest BCUT2D eigenvalue weighted by Crippen LogP contribution is -2.60. The van der Waals surface area contributed by atoms with Gasteiger partial charge in [0.25, 0.3) is 0 Å². The average Bonchev–Trinajstić information content (AvgIpc) is 3.03. The summed E-state index contributed by atoms with van der Waals surface area (Å²) in [6.45, 7) is 3.57. The number of hydrogen-bond donors (Lipinski definition) is 5. The summed E-state index contributed by atoms with van der Waals surface area (Å²) in [7, 11) is 0. The van der Waals surface area contributed by atoms with E-state index in [1.54, 1.807) is 4.68 Å². The first-order valence-corrected chi connectivity index (χ1v) is 10.1. The summed E-state index contributed by atoms with van der Waals surface area (Å²) < 4.78 is 12.9. The van der Waals surface area contributed by atoms with Crippen LogP contribution in [0.2, 0.25) is 0 Å². The molecule has 0 radical (unpaired) electrons. The van der Waals surface area contributed by atoms with E-state index in [4.69, 9.17) is 9.47 Å². The normalized spacial score (nSPS) is 26.7. The fourth-order valence-corrected chi connectivity index (χ4v) is 3.54. The summed E-state index contributed by atoms with van der Waals surface area (Å²) in [5.41, 5.74) is 3.81. The standard InChI is InChI=1S/C21H30N2O7/c1-3-13-4-6-14(7-5-13)10-15-12(2)23(8-9-24)22-20(15)30-21-19(28)18(27)17(26)16(11-25)29-21/h4-7,16-19,21,24-28H,3,8-11H2,1-2H3/t16-,17-,18+,19-,21?/m1/s1. The van der Waals surface area contributed by atoms with E-state index in [1.807, 2.05) is 19.1 Å². The summed E-state index contributed by atoms with van der Waals surface area (Å²) in [5.74, 6) is 0.199. The van der Waals surface area contributed by atoms with E-state index in [1.165, 1.54) is 5.56 Å². The number of aromatic nitrogens is 2. The second-order valence-corrected chi connectivity index (χ2v) is 7.48. The van der Waals surface area contributed by atoms with Crippen molar-refractivity contribution < 1.29 is 35.0 Å². The van der Waals surface area contributed by atoms with Gasteiger partial charge in [-0.1, -0.05) is 31.2 Å². The third kappa shape index (κ3) is 4.66. The van der Waals surface area contributed by atoms with E-state index < -0.39 is 37.3 Å². The highest BCUT2D eigenvalue weighted by molar-refractivity contribution is 5.37. The molecular formula is C21H30N2O7. The van der Waals surface area contributed by atoms with Crippen LogP contribution in [0.25, 0.3) is 0 Å². The highest BCUT2D eigenvalue weighted by Gasteiger charge is 2.45. The maximum Gasteiger partial charge on any atom is 0.239 e. The Morgan fingerprint density at radius 2 is 1.70 bits per heavy atom. The zero-order chi connectivity index (χ0) is 21.8. The fraction of sp³-hybridized carbons (Fsp3) is 0.571. The topological polar surface area (TPSA) is 137 Å². The molecule has 0 spiro atoms. The van der Waals surface area contributed by atoms with Crippen molar-refractivity contribution in [1.82, 2.24) is 9.78 Å². The van der Waals surface area contributed by atoms with Crippen LogP contribution in [0.5, 0.6) is 5.88 Å². The largest absolute Gasteiger partial charge is 0.443 e. The van der Waals surface area contributed by atoms with E-state index in [-0.39, 0.29) is 19.0 Å². The van der Waals surface area contributed by atoms with Crippen LogP contribution in [0.3, 0.4) is 0 Å². The second kappa shape index (κ2) is 9.86. The predicted octanol–water partition coefficient (Wildman–Crippen LogP) is -0.484. The Kier molecular flexibility index (Phi) is 7.45. The van der Waals surface area contributed by atoms with Crippen LogP contribution in [0.15, 0.2) is 24.3 Å². The molecule has 1 unspecified atom stereocenters. The molecule has 2 heterocycles. The zero-order valence-electron chi connectivity index (χ0n) is 17.2. The Labute approximate surface area is 175 Å². The first-order chi connectivity index (χ1) is 14.4. The Hall–Kier alpha value is -2.01. The van der Waals surface area contributed by atoms with Gasteiger partial charge in [0, 0.05) is 17.7 Å². The van der Waals surface area contributed by atoms with Crippen LogP contribution >= 0.6 is 0 Å². The maximum absolute atomic E-state index is 10.3. The lowest BCUT2D eigenvalue weighted by molar-refractivity contribution is -0.278. The van der Waals surface area contributed by atoms with Gasteiger partial charge in [0.1, 0.15) is 24.4 Å². The van der Waals surface area contributed by atoms with Crippen LogP contribution in [0.1, 0.15) is 29.3 Å². The number of aliphatic hydroxyl groups is 5.